The Morgan fingerprint density at radius 3 is 2.25 bits per heavy atom. The van der Waals surface area contributed by atoms with Crippen molar-refractivity contribution in [2.45, 2.75) is 59.0 Å². The molecule has 1 saturated carbocycles. The van der Waals surface area contributed by atoms with E-state index in [-0.39, 0.29) is 24.0 Å². The molecule has 20 heavy (non-hydrogen) atoms. The number of nitrogens with zero attached hydrogens (tertiary/aromatic N) is 1. The van der Waals surface area contributed by atoms with E-state index in [1.165, 1.54) is 25.7 Å². The summed E-state index contributed by atoms with van der Waals surface area (Å²) in [4.78, 5) is 4.61. The molecule has 0 aromatic rings. The number of hydrogen-bond donors (Lipinski definition) is 2. The van der Waals surface area contributed by atoms with Gasteiger partial charge in [-0.25, -0.2) is 0 Å². The lowest BCUT2D eigenvalue weighted by Crippen LogP contribution is -2.37. The zero-order valence-electron chi connectivity index (χ0n) is 13.3. The minimum absolute atomic E-state index is 0. The third kappa shape index (κ3) is 7.67. The maximum atomic E-state index is 5.92. The Labute approximate surface area is 141 Å². The smallest absolute Gasteiger partial charge is 0.191 e. The lowest BCUT2D eigenvalue weighted by molar-refractivity contribution is 0.0177. The van der Waals surface area contributed by atoms with Gasteiger partial charge < -0.3 is 15.4 Å². The lowest BCUT2D eigenvalue weighted by Gasteiger charge is -2.22. The van der Waals surface area contributed by atoms with Crippen molar-refractivity contribution in [3.05, 3.63) is 0 Å². The molecule has 0 amide bonds. The van der Waals surface area contributed by atoms with Gasteiger partial charge in [-0.15, -0.1) is 24.0 Å². The molecular formula is C15H32IN3O. The van der Waals surface area contributed by atoms with Crippen molar-refractivity contribution in [3.63, 3.8) is 0 Å². The summed E-state index contributed by atoms with van der Waals surface area (Å²) in [6.45, 7) is 9.75. The van der Waals surface area contributed by atoms with Crippen molar-refractivity contribution in [1.29, 1.82) is 0 Å². The highest BCUT2D eigenvalue weighted by atomic mass is 127. The molecule has 0 aromatic heterocycles. The van der Waals surface area contributed by atoms with Crippen LogP contribution in [0, 0.1) is 5.92 Å². The molecule has 120 valence electrons. The van der Waals surface area contributed by atoms with Gasteiger partial charge in [0, 0.05) is 26.2 Å². The summed E-state index contributed by atoms with van der Waals surface area (Å²) in [5, 5.41) is 6.51. The van der Waals surface area contributed by atoms with Gasteiger partial charge in [0.15, 0.2) is 5.96 Å². The van der Waals surface area contributed by atoms with Crippen LogP contribution in [0.3, 0.4) is 0 Å². The van der Waals surface area contributed by atoms with Crippen molar-refractivity contribution in [2.75, 3.05) is 26.2 Å². The van der Waals surface area contributed by atoms with Crippen LogP contribution in [0.5, 0.6) is 0 Å². The number of hydrogen-bond acceptors (Lipinski definition) is 2. The largest absolute Gasteiger partial charge is 0.378 e. The second-order valence-electron chi connectivity index (χ2n) is 5.12. The predicted molar refractivity (Wildman–Crippen MR) is 97.1 cm³/mol. The van der Waals surface area contributed by atoms with Crippen LogP contribution in [0.25, 0.3) is 0 Å². The minimum atomic E-state index is 0. The summed E-state index contributed by atoms with van der Waals surface area (Å²) in [6, 6.07) is 0. The fraction of sp³-hybridized carbons (Fsp3) is 0.933. The van der Waals surface area contributed by atoms with E-state index in [0.717, 1.165) is 44.5 Å². The summed E-state index contributed by atoms with van der Waals surface area (Å²) < 4.78 is 5.92. The van der Waals surface area contributed by atoms with Crippen LogP contribution in [-0.2, 0) is 4.74 Å². The highest BCUT2D eigenvalue weighted by molar-refractivity contribution is 14.0. The first-order valence-corrected chi connectivity index (χ1v) is 7.95. The third-order valence-corrected chi connectivity index (χ3v) is 3.68. The molecule has 1 unspecified atom stereocenters. The molecule has 0 bridgehead atoms. The second-order valence-corrected chi connectivity index (χ2v) is 5.12. The molecule has 2 N–H and O–H groups in total. The molecule has 1 rings (SSSR count). The Balaban J connectivity index is 0.00000361. The first-order valence-electron chi connectivity index (χ1n) is 7.95. The monoisotopic (exact) mass is 397 g/mol. The zero-order valence-corrected chi connectivity index (χ0v) is 15.6. The maximum Gasteiger partial charge on any atom is 0.191 e. The minimum Gasteiger partial charge on any atom is -0.378 e. The van der Waals surface area contributed by atoms with Gasteiger partial charge in [0.2, 0.25) is 0 Å². The Morgan fingerprint density at radius 1 is 1.15 bits per heavy atom. The molecule has 1 aliphatic carbocycles. The summed E-state index contributed by atoms with van der Waals surface area (Å²) in [6.07, 6.45) is 6.86. The van der Waals surface area contributed by atoms with Gasteiger partial charge in [-0.1, -0.05) is 12.8 Å². The summed E-state index contributed by atoms with van der Waals surface area (Å²) in [5.74, 6) is 1.68. The molecule has 1 atom stereocenters. The molecule has 0 radical (unpaired) electrons. The van der Waals surface area contributed by atoms with Crippen LogP contribution < -0.4 is 10.6 Å². The summed E-state index contributed by atoms with van der Waals surface area (Å²) >= 11 is 0. The molecule has 4 nitrogen and oxygen atoms in total. The summed E-state index contributed by atoms with van der Waals surface area (Å²) in [5.41, 5.74) is 0. The molecule has 0 saturated heterocycles. The number of guanidine groups is 1. The number of halogens is 1. The topological polar surface area (TPSA) is 45.7 Å². The van der Waals surface area contributed by atoms with E-state index in [1.807, 2.05) is 0 Å². The SMILES string of the molecule is CCNC(=NCCC(OCC)C1CCCC1)NCC.I. The quantitative estimate of drug-likeness (QED) is 0.376. The highest BCUT2D eigenvalue weighted by Gasteiger charge is 2.24. The summed E-state index contributed by atoms with van der Waals surface area (Å²) in [7, 11) is 0. The van der Waals surface area contributed by atoms with Gasteiger partial charge in [0.05, 0.1) is 6.10 Å². The molecular weight excluding hydrogens is 365 g/mol. The Hall–Kier alpha value is -0.0400. The van der Waals surface area contributed by atoms with E-state index in [2.05, 4.69) is 36.4 Å². The zero-order chi connectivity index (χ0) is 13.9. The number of rotatable bonds is 8. The molecule has 0 aromatic carbocycles. The van der Waals surface area contributed by atoms with Gasteiger partial charge in [-0.3, -0.25) is 4.99 Å². The molecule has 1 fully saturated rings. The molecule has 5 heteroatoms. The van der Waals surface area contributed by atoms with E-state index in [4.69, 9.17) is 4.74 Å². The van der Waals surface area contributed by atoms with Crippen molar-refractivity contribution < 1.29 is 4.74 Å². The predicted octanol–water partition coefficient (Wildman–Crippen LogP) is 3.16. The molecule has 0 aliphatic heterocycles. The van der Waals surface area contributed by atoms with Crippen LogP contribution in [0.2, 0.25) is 0 Å². The van der Waals surface area contributed by atoms with Crippen LogP contribution in [0.1, 0.15) is 52.9 Å². The normalized spacial score (nSPS) is 16.4. The van der Waals surface area contributed by atoms with E-state index in [1.54, 1.807) is 0 Å². The Bertz CT molecular complexity index is 248. The van der Waals surface area contributed by atoms with Crippen molar-refractivity contribution >= 4 is 29.9 Å². The average molecular weight is 397 g/mol. The highest BCUT2D eigenvalue weighted by Crippen LogP contribution is 2.30. The second kappa shape index (κ2) is 12.7. The van der Waals surface area contributed by atoms with Crippen LogP contribution in [-0.4, -0.2) is 38.3 Å². The fourth-order valence-electron chi connectivity index (χ4n) is 2.81. The standard InChI is InChI=1S/C15H31N3O.HI/c1-4-16-15(17-5-2)18-12-11-14(19-6-3)13-9-7-8-10-13;/h13-14H,4-12H2,1-3H3,(H2,16,17,18);1H. The first-order chi connectivity index (χ1) is 9.31. The number of nitrogens with one attached hydrogen (secondary N) is 2. The maximum absolute atomic E-state index is 5.92. The van der Waals surface area contributed by atoms with E-state index < -0.39 is 0 Å². The third-order valence-electron chi connectivity index (χ3n) is 3.68. The van der Waals surface area contributed by atoms with Crippen LogP contribution in [0.15, 0.2) is 4.99 Å². The first kappa shape index (κ1) is 20.0. The van der Waals surface area contributed by atoms with Gasteiger partial charge in [-0.2, -0.15) is 0 Å². The molecule has 0 heterocycles. The van der Waals surface area contributed by atoms with Crippen LogP contribution in [0.4, 0.5) is 0 Å². The van der Waals surface area contributed by atoms with Crippen LogP contribution >= 0.6 is 24.0 Å². The fourth-order valence-corrected chi connectivity index (χ4v) is 2.81. The van der Waals surface area contributed by atoms with Gasteiger partial charge >= 0.3 is 0 Å². The van der Waals surface area contributed by atoms with Crippen molar-refractivity contribution in [1.82, 2.24) is 10.6 Å². The van der Waals surface area contributed by atoms with Gasteiger partial charge in [0.1, 0.15) is 0 Å². The Morgan fingerprint density at radius 2 is 1.75 bits per heavy atom. The number of ether oxygens (including phenoxy) is 1. The van der Waals surface area contributed by atoms with Gasteiger partial charge in [-0.05, 0) is 46.0 Å². The average Bonchev–Trinajstić information content (AvgIpc) is 2.92. The van der Waals surface area contributed by atoms with Crippen molar-refractivity contribution in [2.24, 2.45) is 10.9 Å². The van der Waals surface area contributed by atoms with E-state index in [9.17, 15) is 0 Å². The van der Waals surface area contributed by atoms with Crippen molar-refractivity contribution in [3.8, 4) is 0 Å². The molecule has 1 aliphatic rings. The van der Waals surface area contributed by atoms with Gasteiger partial charge in [0.25, 0.3) is 0 Å². The molecule has 0 spiro atoms. The van der Waals surface area contributed by atoms with E-state index in [0.29, 0.717) is 6.10 Å². The number of aliphatic imine (C=N–C) groups is 1. The lowest BCUT2D eigenvalue weighted by atomic mass is 9.98. The Kier molecular flexibility index (Phi) is 12.7. The van der Waals surface area contributed by atoms with E-state index >= 15 is 0 Å².